The number of nitrogens with zero attached hydrogens (tertiary/aromatic N) is 2. The average Bonchev–Trinajstić information content (AvgIpc) is 2.54. The van der Waals surface area contributed by atoms with E-state index in [9.17, 15) is 14.4 Å². The van der Waals surface area contributed by atoms with Crippen LogP contribution in [0.4, 0.5) is 10.5 Å². The molecule has 1 aliphatic rings. The van der Waals surface area contributed by atoms with Gasteiger partial charge in [0.25, 0.3) is 5.91 Å². The number of carbonyl (C=O) groups excluding carboxylic acids is 2. The summed E-state index contributed by atoms with van der Waals surface area (Å²) in [7, 11) is 0. The summed E-state index contributed by atoms with van der Waals surface area (Å²) >= 11 is 0. The van der Waals surface area contributed by atoms with E-state index in [4.69, 9.17) is 5.11 Å². The normalized spacial score (nSPS) is 19.5. The standard InChI is InChI=1S/C12H12N2O4/c1-8-11(17)13(7-10(15)16)12(18)14(8)9-5-3-2-4-6-9/h2-6,8H,7H2,1H3,(H,15,16). The highest BCUT2D eigenvalue weighted by molar-refractivity contribution is 6.15. The van der Waals surface area contributed by atoms with E-state index in [1.165, 1.54) is 4.90 Å². The molecule has 0 spiro atoms. The molecule has 2 rings (SSSR count). The first-order valence-electron chi connectivity index (χ1n) is 5.44. The molecule has 1 aliphatic heterocycles. The summed E-state index contributed by atoms with van der Waals surface area (Å²) in [4.78, 5) is 36.5. The molecule has 3 amide bonds. The summed E-state index contributed by atoms with van der Waals surface area (Å²) in [6, 6.07) is 7.42. The molecular formula is C12H12N2O4. The van der Waals surface area contributed by atoms with Crippen LogP contribution in [0.25, 0.3) is 0 Å². The van der Waals surface area contributed by atoms with Crippen LogP contribution >= 0.6 is 0 Å². The second-order valence-corrected chi connectivity index (χ2v) is 3.98. The van der Waals surface area contributed by atoms with Gasteiger partial charge in [-0.1, -0.05) is 18.2 Å². The molecule has 0 aromatic heterocycles. The number of urea groups is 1. The Morgan fingerprint density at radius 1 is 1.28 bits per heavy atom. The van der Waals surface area contributed by atoms with Crippen LogP contribution in [0.1, 0.15) is 6.92 Å². The number of anilines is 1. The summed E-state index contributed by atoms with van der Waals surface area (Å²) in [5.74, 6) is -1.70. The van der Waals surface area contributed by atoms with E-state index in [-0.39, 0.29) is 0 Å². The minimum Gasteiger partial charge on any atom is -0.480 e. The fourth-order valence-corrected chi connectivity index (χ4v) is 1.93. The van der Waals surface area contributed by atoms with Crippen LogP contribution in [0.15, 0.2) is 30.3 Å². The van der Waals surface area contributed by atoms with E-state index >= 15 is 0 Å². The number of benzene rings is 1. The number of imide groups is 1. The maximum atomic E-state index is 12.0. The number of carbonyl (C=O) groups is 3. The SMILES string of the molecule is CC1C(=O)N(CC(=O)O)C(=O)N1c1ccccc1. The molecule has 1 aromatic rings. The van der Waals surface area contributed by atoms with Gasteiger partial charge in [0.2, 0.25) is 0 Å². The molecule has 1 aromatic carbocycles. The van der Waals surface area contributed by atoms with E-state index < -0.39 is 30.5 Å². The maximum Gasteiger partial charge on any atom is 0.332 e. The van der Waals surface area contributed by atoms with Gasteiger partial charge in [0.15, 0.2) is 0 Å². The zero-order valence-corrected chi connectivity index (χ0v) is 9.74. The largest absolute Gasteiger partial charge is 0.480 e. The van der Waals surface area contributed by atoms with Crippen molar-refractivity contribution < 1.29 is 19.5 Å². The average molecular weight is 248 g/mol. The van der Waals surface area contributed by atoms with E-state index in [1.807, 2.05) is 0 Å². The van der Waals surface area contributed by atoms with Gasteiger partial charge in [-0.15, -0.1) is 0 Å². The van der Waals surface area contributed by atoms with Gasteiger partial charge in [-0.05, 0) is 19.1 Å². The second-order valence-electron chi connectivity index (χ2n) is 3.98. The number of aliphatic carboxylic acids is 1. The van der Waals surface area contributed by atoms with E-state index in [2.05, 4.69) is 0 Å². The highest BCUT2D eigenvalue weighted by Gasteiger charge is 2.43. The monoisotopic (exact) mass is 248 g/mol. The molecule has 1 fully saturated rings. The highest BCUT2D eigenvalue weighted by atomic mass is 16.4. The fourth-order valence-electron chi connectivity index (χ4n) is 1.93. The molecule has 0 saturated carbocycles. The van der Waals surface area contributed by atoms with Crippen LogP contribution < -0.4 is 4.90 Å². The summed E-state index contributed by atoms with van der Waals surface area (Å²) in [6.07, 6.45) is 0. The summed E-state index contributed by atoms with van der Waals surface area (Å²) in [5, 5.41) is 8.69. The van der Waals surface area contributed by atoms with Crippen molar-refractivity contribution in [3.05, 3.63) is 30.3 Å². The maximum absolute atomic E-state index is 12.0. The lowest BCUT2D eigenvalue weighted by atomic mass is 10.2. The first-order valence-corrected chi connectivity index (χ1v) is 5.44. The van der Waals surface area contributed by atoms with Crippen molar-refractivity contribution in [3.63, 3.8) is 0 Å². The molecule has 1 saturated heterocycles. The van der Waals surface area contributed by atoms with Gasteiger partial charge >= 0.3 is 12.0 Å². The van der Waals surface area contributed by atoms with Crippen molar-refractivity contribution >= 4 is 23.6 Å². The summed E-state index contributed by atoms with van der Waals surface area (Å²) in [5.41, 5.74) is 0.580. The number of para-hydroxylation sites is 1. The topological polar surface area (TPSA) is 77.9 Å². The number of hydrogen-bond acceptors (Lipinski definition) is 3. The third-order valence-electron chi connectivity index (χ3n) is 2.78. The van der Waals surface area contributed by atoms with Crippen LogP contribution in [0, 0.1) is 0 Å². The Kier molecular flexibility index (Phi) is 3.01. The van der Waals surface area contributed by atoms with Crippen LogP contribution in [-0.2, 0) is 9.59 Å². The number of carboxylic acids is 1. The minimum absolute atomic E-state index is 0.494. The number of carboxylic acid groups (broad SMARTS) is 1. The Balaban J connectivity index is 2.31. The van der Waals surface area contributed by atoms with Crippen LogP contribution in [0.2, 0.25) is 0 Å². The Hall–Kier alpha value is -2.37. The van der Waals surface area contributed by atoms with Gasteiger partial charge in [-0.2, -0.15) is 0 Å². The molecule has 0 radical (unpaired) electrons. The molecule has 1 unspecified atom stereocenters. The van der Waals surface area contributed by atoms with Gasteiger partial charge in [0.1, 0.15) is 12.6 Å². The Morgan fingerprint density at radius 2 is 1.89 bits per heavy atom. The van der Waals surface area contributed by atoms with Crippen LogP contribution in [-0.4, -0.2) is 40.5 Å². The van der Waals surface area contributed by atoms with Crippen molar-refractivity contribution in [1.82, 2.24) is 4.90 Å². The van der Waals surface area contributed by atoms with E-state index in [1.54, 1.807) is 37.3 Å². The lowest BCUT2D eigenvalue weighted by Crippen LogP contribution is -2.36. The van der Waals surface area contributed by atoms with Gasteiger partial charge in [-0.25, -0.2) is 4.79 Å². The number of hydrogen-bond donors (Lipinski definition) is 1. The third kappa shape index (κ3) is 1.92. The molecule has 94 valence electrons. The van der Waals surface area contributed by atoms with Gasteiger partial charge < -0.3 is 5.11 Å². The van der Waals surface area contributed by atoms with Crippen molar-refractivity contribution in [1.29, 1.82) is 0 Å². The second kappa shape index (κ2) is 4.48. The predicted octanol–water partition coefficient (Wildman–Crippen LogP) is 0.928. The lowest BCUT2D eigenvalue weighted by molar-refractivity contribution is -0.141. The molecule has 1 N–H and O–H groups in total. The van der Waals surface area contributed by atoms with Crippen molar-refractivity contribution in [2.24, 2.45) is 0 Å². The first-order chi connectivity index (χ1) is 8.52. The summed E-state index contributed by atoms with van der Waals surface area (Å²) < 4.78 is 0. The Bertz CT molecular complexity index is 500. The quantitative estimate of drug-likeness (QED) is 0.807. The lowest BCUT2D eigenvalue weighted by Gasteiger charge is -2.18. The number of amides is 3. The van der Waals surface area contributed by atoms with Gasteiger partial charge in [-0.3, -0.25) is 19.4 Å². The Labute approximate surface area is 103 Å². The Morgan fingerprint density at radius 3 is 2.44 bits per heavy atom. The van der Waals surface area contributed by atoms with Crippen LogP contribution in [0.3, 0.4) is 0 Å². The van der Waals surface area contributed by atoms with Gasteiger partial charge in [0, 0.05) is 5.69 Å². The van der Waals surface area contributed by atoms with Crippen molar-refractivity contribution in [3.8, 4) is 0 Å². The molecule has 0 bridgehead atoms. The molecular weight excluding hydrogens is 236 g/mol. The van der Waals surface area contributed by atoms with Crippen molar-refractivity contribution in [2.45, 2.75) is 13.0 Å². The van der Waals surface area contributed by atoms with E-state index in [0.29, 0.717) is 5.69 Å². The molecule has 0 aliphatic carbocycles. The van der Waals surface area contributed by atoms with E-state index in [0.717, 1.165) is 4.90 Å². The zero-order valence-electron chi connectivity index (χ0n) is 9.74. The fraction of sp³-hybridized carbons (Fsp3) is 0.250. The summed E-state index contributed by atoms with van der Waals surface area (Å²) in [6.45, 7) is 0.973. The highest BCUT2D eigenvalue weighted by Crippen LogP contribution is 2.25. The minimum atomic E-state index is -1.21. The number of rotatable bonds is 3. The molecule has 18 heavy (non-hydrogen) atoms. The zero-order chi connectivity index (χ0) is 13.3. The van der Waals surface area contributed by atoms with Crippen molar-refractivity contribution in [2.75, 3.05) is 11.4 Å². The molecule has 6 nitrogen and oxygen atoms in total. The van der Waals surface area contributed by atoms with Crippen LogP contribution in [0.5, 0.6) is 0 Å². The first kappa shape index (κ1) is 12.1. The third-order valence-corrected chi connectivity index (χ3v) is 2.78. The molecule has 1 heterocycles. The predicted molar refractivity (Wildman–Crippen MR) is 63.1 cm³/mol. The smallest absolute Gasteiger partial charge is 0.332 e. The molecule has 6 heteroatoms. The molecule has 1 atom stereocenters. The van der Waals surface area contributed by atoms with Gasteiger partial charge in [0.05, 0.1) is 0 Å².